The van der Waals surface area contributed by atoms with Crippen LogP contribution in [0, 0.1) is 0 Å². The zero-order valence-corrected chi connectivity index (χ0v) is 14.3. The SMILES string of the molecule is CN1c2ccccc2C(=O)NN(c2ccccc2)C1c1ccc(O)cc1. The largest absolute Gasteiger partial charge is 0.508 e. The van der Waals surface area contributed by atoms with Crippen LogP contribution in [0.2, 0.25) is 0 Å². The maximum atomic E-state index is 12.8. The molecule has 1 aliphatic heterocycles. The number of hydrogen-bond donors (Lipinski definition) is 2. The van der Waals surface area contributed by atoms with E-state index in [2.05, 4.69) is 10.3 Å². The number of fused-ring (bicyclic) bond motifs is 1. The van der Waals surface area contributed by atoms with Crippen molar-refractivity contribution in [1.29, 1.82) is 0 Å². The summed E-state index contributed by atoms with van der Waals surface area (Å²) in [7, 11) is 1.96. The van der Waals surface area contributed by atoms with Gasteiger partial charge in [-0.15, -0.1) is 0 Å². The highest BCUT2D eigenvalue weighted by molar-refractivity contribution is 6.01. The molecule has 0 saturated heterocycles. The lowest BCUT2D eigenvalue weighted by atomic mass is 10.1. The Morgan fingerprint density at radius 1 is 0.885 bits per heavy atom. The molecule has 4 rings (SSSR count). The Morgan fingerprint density at radius 3 is 2.27 bits per heavy atom. The first-order chi connectivity index (χ1) is 12.6. The molecule has 0 aromatic heterocycles. The highest BCUT2D eigenvalue weighted by Gasteiger charge is 2.32. The van der Waals surface area contributed by atoms with Gasteiger partial charge in [0.25, 0.3) is 5.91 Å². The molecule has 130 valence electrons. The Balaban J connectivity index is 1.89. The minimum absolute atomic E-state index is 0.155. The van der Waals surface area contributed by atoms with Crippen molar-refractivity contribution >= 4 is 17.3 Å². The average Bonchev–Trinajstić information content (AvgIpc) is 2.79. The molecule has 3 aromatic rings. The summed E-state index contributed by atoms with van der Waals surface area (Å²) in [6.45, 7) is 0. The van der Waals surface area contributed by atoms with Gasteiger partial charge in [-0.3, -0.25) is 15.2 Å². The van der Waals surface area contributed by atoms with E-state index in [-0.39, 0.29) is 17.8 Å². The average molecular weight is 345 g/mol. The van der Waals surface area contributed by atoms with Crippen molar-refractivity contribution in [1.82, 2.24) is 5.43 Å². The maximum Gasteiger partial charge on any atom is 0.271 e. The van der Waals surface area contributed by atoms with Crippen molar-refractivity contribution in [3.8, 4) is 5.75 Å². The lowest BCUT2D eigenvalue weighted by Crippen LogP contribution is -2.47. The van der Waals surface area contributed by atoms with Crippen molar-refractivity contribution in [3.63, 3.8) is 0 Å². The number of aromatic hydroxyl groups is 1. The number of nitrogens with one attached hydrogen (secondary N) is 1. The fourth-order valence-corrected chi connectivity index (χ4v) is 3.32. The molecule has 0 radical (unpaired) electrons. The van der Waals surface area contributed by atoms with Crippen molar-refractivity contribution in [2.24, 2.45) is 0 Å². The number of phenolic OH excluding ortho intramolecular Hbond substituents is 1. The van der Waals surface area contributed by atoms with Crippen LogP contribution in [0.5, 0.6) is 5.75 Å². The second-order valence-electron chi connectivity index (χ2n) is 6.24. The molecule has 1 atom stereocenters. The van der Waals surface area contributed by atoms with Gasteiger partial charge in [0.05, 0.1) is 16.9 Å². The fraction of sp³-hybridized carbons (Fsp3) is 0.0952. The van der Waals surface area contributed by atoms with E-state index >= 15 is 0 Å². The van der Waals surface area contributed by atoms with Gasteiger partial charge in [-0.1, -0.05) is 42.5 Å². The van der Waals surface area contributed by atoms with E-state index in [1.807, 2.05) is 78.8 Å². The number of para-hydroxylation sites is 2. The summed E-state index contributed by atoms with van der Waals surface area (Å²) in [4.78, 5) is 14.9. The number of carbonyl (C=O) groups is 1. The Morgan fingerprint density at radius 2 is 1.54 bits per heavy atom. The molecule has 1 aliphatic rings. The standard InChI is InChI=1S/C21H19N3O2/c1-23-19-10-6-5-9-18(19)20(26)22-24(16-7-3-2-4-8-16)21(23)15-11-13-17(25)14-12-15/h2-14,21,25H,1H3,(H,22,26). The molecule has 0 fully saturated rings. The second kappa shape index (κ2) is 6.44. The van der Waals surface area contributed by atoms with Gasteiger partial charge in [-0.05, 0) is 42.0 Å². The number of rotatable bonds is 2. The van der Waals surface area contributed by atoms with Gasteiger partial charge in [-0.2, -0.15) is 0 Å². The highest BCUT2D eigenvalue weighted by atomic mass is 16.3. The molecular formula is C21H19N3O2. The van der Waals surface area contributed by atoms with E-state index in [0.29, 0.717) is 5.56 Å². The summed E-state index contributed by atoms with van der Waals surface area (Å²) in [5.74, 6) is 0.0540. The monoisotopic (exact) mass is 345 g/mol. The van der Waals surface area contributed by atoms with E-state index in [0.717, 1.165) is 16.9 Å². The maximum absolute atomic E-state index is 12.8. The third-order valence-corrected chi connectivity index (χ3v) is 4.59. The Bertz CT molecular complexity index is 926. The molecule has 5 heteroatoms. The fourth-order valence-electron chi connectivity index (χ4n) is 3.32. The van der Waals surface area contributed by atoms with Crippen LogP contribution >= 0.6 is 0 Å². The smallest absolute Gasteiger partial charge is 0.271 e. The molecule has 0 aliphatic carbocycles. The van der Waals surface area contributed by atoms with Crippen molar-refractivity contribution in [3.05, 3.63) is 90.0 Å². The topological polar surface area (TPSA) is 55.8 Å². The quantitative estimate of drug-likeness (QED) is 0.744. The molecule has 1 unspecified atom stereocenters. The number of hydrazine groups is 1. The summed E-state index contributed by atoms with van der Waals surface area (Å²) in [5, 5.41) is 11.5. The van der Waals surface area contributed by atoms with Crippen molar-refractivity contribution in [2.75, 3.05) is 17.0 Å². The van der Waals surface area contributed by atoms with Gasteiger partial charge in [0, 0.05) is 7.05 Å². The van der Waals surface area contributed by atoms with E-state index in [9.17, 15) is 9.90 Å². The van der Waals surface area contributed by atoms with Crippen LogP contribution in [0.4, 0.5) is 11.4 Å². The van der Waals surface area contributed by atoms with Crippen LogP contribution in [-0.4, -0.2) is 18.1 Å². The van der Waals surface area contributed by atoms with Crippen molar-refractivity contribution in [2.45, 2.75) is 6.17 Å². The van der Waals surface area contributed by atoms with E-state index in [1.54, 1.807) is 12.1 Å². The zero-order chi connectivity index (χ0) is 18.1. The number of anilines is 2. The van der Waals surface area contributed by atoms with E-state index in [1.165, 1.54) is 0 Å². The predicted molar refractivity (Wildman–Crippen MR) is 102 cm³/mol. The number of hydrogen-bond acceptors (Lipinski definition) is 4. The van der Waals surface area contributed by atoms with Gasteiger partial charge < -0.3 is 10.0 Å². The first kappa shape index (κ1) is 16.0. The van der Waals surface area contributed by atoms with Gasteiger partial charge >= 0.3 is 0 Å². The molecule has 0 spiro atoms. The number of carbonyl (C=O) groups excluding carboxylic acids is 1. The van der Waals surface area contributed by atoms with Crippen LogP contribution in [0.3, 0.4) is 0 Å². The van der Waals surface area contributed by atoms with Crippen LogP contribution in [0.25, 0.3) is 0 Å². The Labute approximate surface area is 152 Å². The van der Waals surface area contributed by atoms with Crippen LogP contribution in [0.1, 0.15) is 22.1 Å². The normalized spacial score (nSPS) is 16.7. The minimum Gasteiger partial charge on any atom is -0.508 e. The summed E-state index contributed by atoms with van der Waals surface area (Å²) in [6, 6.07) is 24.3. The van der Waals surface area contributed by atoms with Gasteiger partial charge in [0.15, 0.2) is 0 Å². The first-order valence-electron chi connectivity index (χ1n) is 8.41. The van der Waals surface area contributed by atoms with E-state index < -0.39 is 0 Å². The molecule has 0 saturated carbocycles. The van der Waals surface area contributed by atoms with Crippen LogP contribution in [-0.2, 0) is 0 Å². The summed E-state index contributed by atoms with van der Waals surface area (Å²) in [6.07, 6.45) is -0.273. The lowest BCUT2D eigenvalue weighted by molar-refractivity contribution is 0.0949. The first-order valence-corrected chi connectivity index (χ1v) is 8.41. The number of amides is 1. The molecule has 5 nitrogen and oxygen atoms in total. The van der Waals surface area contributed by atoms with Crippen LogP contribution < -0.4 is 15.3 Å². The summed E-state index contributed by atoms with van der Waals surface area (Å²) < 4.78 is 0. The molecular weight excluding hydrogens is 326 g/mol. The molecule has 1 heterocycles. The Hall–Kier alpha value is -3.47. The zero-order valence-electron chi connectivity index (χ0n) is 14.3. The van der Waals surface area contributed by atoms with E-state index in [4.69, 9.17) is 0 Å². The predicted octanol–water partition coefficient (Wildman–Crippen LogP) is 3.69. The van der Waals surface area contributed by atoms with Gasteiger partial charge in [0.1, 0.15) is 11.9 Å². The number of benzene rings is 3. The van der Waals surface area contributed by atoms with Gasteiger partial charge in [-0.25, -0.2) is 0 Å². The van der Waals surface area contributed by atoms with Crippen LogP contribution in [0.15, 0.2) is 78.9 Å². The lowest BCUT2D eigenvalue weighted by Gasteiger charge is -2.38. The molecule has 0 bridgehead atoms. The molecule has 3 aromatic carbocycles. The minimum atomic E-state index is -0.273. The number of nitrogens with zero attached hydrogens (tertiary/aromatic N) is 2. The molecule has 2 N–H and O–H groups in total. The number of phenols is 1. The van der Waals surface area contributed by atoms with Crippen molar-refractivity contribution < 1.29 is 9.90 Å². The summed E-state index contributed by atoms with van der Waals surface area (Å²) >= 11 is 0. The highest BCUT2D eigenvalue weighted by Crippen LogP contribution is 2.36. The molecule has 26 heavy (non-hydrogen) atoms. The Kier molecular flexibility index (Phi) is 3.97. The summed E-state index contributed by atoms with van der Waals surface area (Å²) in [5.41, 5.74) is 6.33. The molecule has 1 amide bonds. The second-order valence-corrected chi connectivity index (χ2v) is 6.24. The third kappa shape index (κ3) is 2.73. The third-order valence-electron chi connectivity index (χ3n) is 4.59. The van der Waals surface area contributed by atoms with Gasteiger partial charge in [0.2, 0.25) is 0 Å².